The van der Waals surface area contributed by atoms with Crippen LogP contribution in [0.15, 0.2) is 108 Å². The van der Waals surface area contributed by atoms with Crippen molar-refractivity contribution in [1.29, 1.82) is 0 Å². The molecule has 60 heavy (non-hydrogen) atoms. The Morgan fingerprint density at radius 3 is 2.03 bits per heavy atom. The van der Waals surface area contributed by atoms with Gasteiger partial charge in [-0.3, -0.25) is 4.99 Å². The van der Waals surface area contributed by atoms with Gasteiger partial charge in [-0.2, -0.15) is 6.07 Å². The van der Waals surface area contributed by atoms with Gasteiger partial charge in [-0.15, -0.1) is 23.6 Å². The van der Waals surface area contributed by atoms with Gasteiger partial charge < -0.3 is 14.0 Å². The van der Waals surface area contributed by atoms with Crippen molar-refractivity contribution in [2.75, 3.05) is 0 Å². The monoisotopic (exact) mass is 974 g/mol. The van der Waals surface area contributed by atoms with Crippen LogP contribution >= 0.6 is 0 Å². The van der Waals surface area contributed by atoms with Gasteiger partial charge in [-0.1, -0.05) is 144 Å². The van der Waals surface area contributed by atoms with Gasteiger partial charge in [-0.25, -0.2) is 4.98 Å². The molecular weight excluding hydrogens is 918 g/mol. The number of benzene rings is 5. The fourth-order valence-electron chi connectivity index (χ4n) is 8.85. The first-order valence-corrected chi connectivity index (χ1v) is 20.9. The van der Waals surface area contributed by atoms with Crippen molar-refractivity contribution < 1.29 is 30.5 Å². The Morgan fingerprint density at radius 1 is 0.717 bits per heavy atom. The second-order valence-corrected chi connectivity index (χ2v) is 19.3. The van der Waals surface area contributed by atoms with E-state index in [0.717, 1.165) is 49.9 Å². The summed E-state index contributed by atoms with van der Waals surface area (Å²) in [4.78, 5) is 10.3. The van der Waals surface area contributed by atoms with Crippen molar-refractivity contribution >= 4 is 27.7 Å². The summed E-state index contributed by atoms with van der Waals surface area (Å²) in [5, 5.41) is 2.25. The fraction of sp³-hybridized carbons (Fsp3) is 0.333. The van der Waals surface area contributed by atoms with Crippen molar-refractivity contribution in [1.82, 2.24) is 9.55 Å². The normalized spacial score (nSPS) is 18.1. The molecule has 1 aliphatic rings. The van der Waals surface area contributed by atoms with Crippen LogP contribution in [0.25, 0.3) is 38.8 Å². The molecule has 0 spiro atoms. The molecule has 1 aliphatic heterocycles. The van der Waals surface area contributed by atoms with Crippen LogP contribution in [0.2, 0.25) is 0 Å². The molecule has 5 nitrogen and oxygen atoms in total. The molecule has 0 saturated heterocycles. The molecule has 6 heteroatoms. The number of aryl methyl sites for hydroxylation is 3. The van der Waals surface area contributed by atoms with Gasteiger partial charge in [0.05, 0.1) is 5.54 Å². The number of aromatic nitrogens is 2. The number of nitrogens with zero attached hydrogens (tertiary/aromatic N) is 3. The first-order valence-electron chi connectivity index (χ1n) is 20.9. The van der Waals surface area contributed by atoms with Crippen molar-refractivity contribution in [3.63, 3.8) is 0 Å². The first-order chi connectivity index (χ1) is 27.8. The van der Waals surface area contributed by atoms with E-state index in [-0.39, 0.29) is 37.8 Å². The van der Waals surface area contributed by atoms with Gasteiger partial charge >= 0.3 is 21.1 Å². The number of fused-ring (bicyclic) bond motifs is 3. The van der Waals surface area contributed by atoms with Gasteiger partial charge in [-0.05, 0) is 108 Å². The molecule has 0 N–H and O–H groups in total. The Labute approximate surface area is 371 Å². The first kappa shape index (κ1) is 43.1. The van der Waals surface area contributed by atoms with E-state index in [1.54, 1.807) is 0 Å². The second-order valence-electron chi connectivity index (χ2n) is 19.3. The Balaban J connectivity index is 0.00000544. The molecule has 2 atom stereocenters. The van der Waals surface area contributed by atoms with Crippen molar-refractivity contribution in [3.8, 4) is 28.4 Å². The summed E-state index contributed by atoms with van der Waals surface area (Å²) in [5.74, 6) is 2.74. The molecular formula is C54H57N3O2Pt. The predicted octanol–water partition coefficient (Wildman–Crippen LogP) is 13.9. The molecule has 0 amide bonds. The minimum atomic E-state index is -0.699. The second kappa shape index (κ2) is 15.5. The van der Waals surface area contributed by atoms with E-state index in [2.05, 4.69) is 192 Å². The molecule has 5 aromatic carbocycles. The van der Waals surface area contributed by atoms with Gasteiger partial charge in [0.2, 0.25) is 0 Å². The molecule has 7 aromatic rings. The maximum atomic E-state index is 7.04. The molecule has 3 heterocycles. The molecule has 0 aliphatic carbocycles. The number of rotatable bonds is 7. The van der Waals surface area contributed by atoms with Crippen LogP contribution in [0.1, 0.15) is 108 Å². The average Bonchev–Trinajstić information content (AvgIpc) is 3.65. The van der Waals surface area contributed by atoms with E-state index >= 15 is 0 Å². The number of hydrogen-bond acceptors (Lipinski definition) is 4. The molecule has 0 saturated carbocycles. The summed E-state index contributed by atoms with van der Waals surface area (Å²) < 4.78 is 16.1. The summed E-state index contributed by atoms with van der Waals surface area (Å²) in [6.07, 6.45) is 1.91. The summed E-state index contributed by atoms with van der Waals surface area (Å²) in [7, 11) is 0. The molecule has 0 radical (unpaired) electrons. The fourth-order valence-corrected chi connectivity index (χ4v) is 8.85. The van der Waals surface area contributed by atoms with Crippen LogP contribution in [0.3, 0.4) is 0 Å². The summed E-state index contributed by atoms with van der Waals surface area (Å²) >= 11 is 0. The Hall–Kier alpha value is -4.99. The van der Waals surface area contributed by atoms with E-state index in [4.69, 9.17) is 19.5 Å². The third-order valence-electron chi connectivity index (χ3n) is 12.7. The largest absolute Gasteiger partial charge is 2.00 e. The number of pyridine rings is 1. The quantitative estimate of drug-likeness (QED) is 0.150. The Kier molecular flexibility index (Phi) is 11.1. The van der Waals surface area contributed by atoms with E-state index in [1.807, 2.05) is 18.3 Å². The Bertz CT molecular complexity index is 2760. The van der Waals surface area contributed by atoms with Gasteiger partial charge in [0.15, 0.2) is 0 Å². The number of aliphatic imine (C=N–C) groups is 1. The maximum absolute atomic E-state index is 7.04. The third kappa shape index (κ3) is 7.53. The van der Waals surface area contributed by atoms with Crippen LogP contribution < -0.4 is 4.74 Å². The number of hydrogen-bond donors (Lipinski definition) is 0. The molecule has 0 unspecified atom stereocenters. The standard InChI is InChI=1S/C54H57N3O2.Pt/c1-33(2)53(12)54(13,39-17-15-14-16-18-39)59-50(56-53)38-27-37(49-35(4)25-34(3)26-36(49)5)28-43(29-38)58-42-20-21-44-45-30-40(51(6,7)8)19-22-46(45)57(47(44)32-42)48-31-41(23-24-55-48)52(9,10)11;/h14-28,30-31,33H,1-13H3;/q-2;+2/t53-,54-;/m1./s1. The van der Waals surface area contributed by atoms with Crippen molar-refractivity contribution in [3.05, 3.63) is 154 Å². The summed E-state index contributed by atoms with van der Waals surface area (Å²) in [6.45, 7) is 28.8. The smallest absolute Gasteiger partial charge is 0.508 e. The van der Waals surface area contributed by atoms with Crippen molar-refractivity contribution in [2.24, 2.45) is 10.9 Å². The van der Waals surface area contributed by atoms with Crippen LogP contribution in [-0.2, 0) is 42.2 Å². The zero-order chi connectivity index (χ0) is 42.2. The Morgan fingerprint density at radius 2 is 1.38 bits per heavy atom. The van der Waals surface area contributed by atoms with E-state index in [1.165, 1.54) is 27.8 Å². The molecule has 2 aromatic heterocycles. The maximum Gasteiger partial charge on any atom is 2.00 e. The van der Waals surface area contributed by atoms with Crippen LogP contribution in [0, 0.1) is 38.8 Å². The molecule has 0 bridgehead atoms. The van der Waals surface area contributed by atoms with Crippen LogP contribution in [0.5, 0.6) is 11.5 Å². The van der Waals surface area contributed by atoms with Gasteiger partial charge in [0.1, 0.15) is 17.3 Å². The zero-order valence-electron chi connectivity index (χ0n) is 37.4. The zero-order valence-corrected chi connectivity index (χ0v) is 39.6. The summed E-state index contributed by atoms with van der Waals surface area (Å²) in [6, 6.07) is 41.7. The predicted molar refractivity (Wildman–Crippen MR) is 244 cm³/mol. The van der Waals surface area contributed by atoms with E-state index in [0.29, 0.717) is 17.4 Å². The number of ether oxygens (including phenoxy) is 2. The molecule has 310 valence electrons. The molecule has 0 fully saturated rings. The SMILES string of the molecule is Cc1cc(C)c(-c2cc(Oc3[c-]c4c(cc3)c3cc(C(C)(C)C)ccc3n4-c3cc(C(C)(C)C)ccn3)[c-]c(C3=N[C@](C)(C(C)C)[C@@](C)(c4ccccc4)O3)c2)c(C)c1.[Pt+2]. The minimum absolute atomic E-state index is 0. The molecule has 8 rings (SSSR count). The van der Waals surface area contributed by atoms with Gasteiger partial charge in [0.25, 0.3) is 0 Å². The topological polar surface area (TPSA) is 48.6 Å². The third-order valence-corrected chi connectivity index (χ3v) is 12.7. The average molecular weight is 975 g/mol. The van der Waals surface area contributed by atoms with Crippen LogP contribution in [0.4, 0.5) is 0 Å². The van der Waals surface area contributed by atoms with Gasteiger partial charge in [0, 0.05) is 23.2 Å². The van der Waals surface area contributed by atoms with E-state index in [9.17, 15) is 0 Å². The van der Waals surface area contributed by atoms with Crippen molar-refractivity contribution in [2.45, 2.75) is 112 Å². The summed E-state index contributed by atoms with van der Waals surface area (Å²) in [5.41, 5.74) is 10.8. The van der Waals surface area contributed by atoms with Crippen LogP contribution in [-0.4, -0.2) is 21.0 Å². The van der Waals surface area contributed by atoms with E-state index < -0.39 is 11.1 Å². The minimum Gasteiger partial charge on any atom is -0.508 e.